The summed E-state index contributed by atoms with van der Waals surface area (Å²) in [4.78, 5) is 19.3. The van der Waals surface area contributed by atoms with Crippen molar-refractivity contribution in [2.75, 3.05) is 47.1 Å². The van der Waals surface area contributed by atoms with Gasteiger partial charge in [-0.15, -0.1) is 0 Å². The third-order valence-corrected chi connectivity index (χ3v) is 5.41. The van der Waals surface area contributed by atoms with E-state index in [-0.39, 0.29) is 11.9 Å². The van der Waals surface area contributed by atoms with Crippen LogP contribution >= 0.6 is 0 Å². The fourth-order valence-electron chi connectivity index (χ4n) is 3.87. The van der Waals surface area contributed by atoms with E-state index < -0.39 is 0 Å². The molecule has 6 heteroatoms. The van der Waals surface area contributed by atoms with Crippen LogP contribution in [-0.2, 0) is 11.3 Å². The molecule has 1 fully saturated rings. The highest BCUT2D eigenvalue weighted by molar-refractivity contribution is 5.82. The topological polar surface area (TPSA) is 45.3 Å². The van der Waals surface area contributed by atoms with Crippen molar-refractivity contribution in [2.24, 2.45) is 0 Å². The van der Waals surface area contributed by atoms with E-state index in [1.165, 1.54) is 5.56 Å². The Morgan fingerprint density at radius 2 is 1.71 bits per heavy atom. The number of rotatable bonds is 5. The lowest BCUT2D eigenvalue weighted by molar-refractivity contribution is -0.135. The van der Waals surface area contributed by atoms with E-state index in [1.807, 2.05) is 50.5 Å². The van der Waals surface area contributed by atoms with Crippen LogP contribution in [0.5, 0.6) is 11.5 Å². The van der Waals surface area contributed by atoms with Gasteiger partial charge in [-0.2, -0.15) is 0 Å². The van der Waals surface area contributed by atoms with Crippen LogP contribution in [0.25, 0.3) is 0 Å². The highest BCUT2D eigenvalue weighted by atomic mass is 16.7. The van der Waals surface area contributed by atoms with Gasteiger partial charge >= 0.3 is 0 Å². The number of hydrogen-bond donors (Lipinski definition) is 0. The molecule has 2 aromatic carbocycles. The van der Waals surface area contributed by atoms with Crippen molar-refractivity contribution in [2.45, 2.75) is 12.6 Å². The Labute approximate surface area is 166 Å². The molecule has 0 aromatic heterocycles. The van der Waals surface area contributed by atoms with Gasteiger partial charge in [0.15, 0.2) is 11.5 Å². The molecule has 6 nitrogen and oxygen atoms in total. The average molecular weight is 381 g/mol. The van der Waals surface area contributed by atoms with E-state index in [4.69, 9.17) is 9.47 Å². The maximum absolute atomic E-state index is 12.9. The lowest BCUT2D eigenvalue weighted by Gasteiger charge is -2.39. The number of fused-ring (bicyclic) bond motifs is 1. The number of amides is 1. The molecule has 0 aliphatic carbocycles. The summed E-state index contributed by atoms with van der Waals surface area (Å²) in [5.74, 6) is 1.79. The second kappa shape index (κ2) is 8.20. The highest BCUT2D eigenvalue weighted by Crippen LogP contribution is 2.33. The van der Waals surface area contributed by atoms with Crippen LogP contribution in [0.4, 0.5) is 0 Å². The number of hydrogen-bond acceptors (Lipinski definition) is 5. The van der Waals surface area contributed by atoms with Crippen LogP contribution in [0.2, 0.25) is 0 Å². The number of nitrogens with zero attached hydrogens (tertiary/aromatic N) is 3. The van der Waals surface area contributed by atoms with Gasteiger partial charge in [0.1, 0.15) is 6.04 Å². The van der Waals surface area contributed by atoms with E-state index in [0.29, 0.717) is 6.79 Å². The van der Waals surface area contributed by atoms with Crippen molar-refractivity contribution in [3.05, 3.63) is 59.7 Å². The fourth-order valence-corrected chi connectivity index (χ4v) is 3.87. The van der Waals surface area contributed by atoms with E-state index in [1.54, 1.807) is 4.90 Å². The molecule has 2 aliphatic heterocycles. The summed E-state index contributed by atoms with van der Waals surface area (Å²) in [6.45, 7) is 4.77. The van der Waals surface area contributed by atoms with E-state index in [9.17, 15) is 4.79 Å². The first-order chi connectivity index (χ1) is 13.6. The van der Waals surface area contributed by atoms with Crippen molar-refractivity contribution in [1.29, 1.82) is 0 Å². The molecule has 0 saturated carbocycles. The zero-order valence-electron chi connectivity index (χ0n) is 16.5. The molecule has 0 unspecified atom stereocenters. The van der Waals surface area contributed by atoms with Crippen LogP contribution in [0.1, 0.15) is 17.2 Å². The van der Waals surface area contributed by atoms with Crippen molar-refractivity contribution < 1.29 is 14.3 Å². The van der Waals surface area contributed by atoms with E-state index in [0.717, 1.165) is 49.8 Å². The summed E-state index contributed by atoms with van der Waals surface area (Å²) in [5.41, 5.74) is 2.28. The van der Waals surface area contributed by atoms with Gasteiger partial charge in [0.25, 0.3) is 0 Å². The lowest BCUT2D eigenvalue weighted by Crippen LogP contribution is -2.50. The Morgan fingerprint density at radius 1 is 1.00 bits per heavy atom. The van der Waals surface area contributed by atoms with Crippen LogP contribution < -0.4 is 9.47 Å². The second-order valence-electron chi connectivity index (χ2n) is 7.55. The summed E-state index contributed by atoms with van der Waals surface area (Å²) in [5, 5.41) is 0. The van der Waals surface area contributed by atoms with E-state index in [2.05, 4.69) is 21.9 Å². The molecule has 4 rings (SSSR count). The van der Waals surface area contributed by atoms with Crippen LogP contribution in [0.15, 0.2) is 48.5 Å². The molecule has 2 aliphatic rings. The van der Waals surface area contributed by atoms with Gasteiger partial charge < -0.3 is 14.4 Å². The second-order valence-corrected chi connectivity index (χ2v) is 7.55. The molecule has 2 aromatic rings. The third kappa shape index (κ3) is 3.98. The standard InChI is InChI=1S/C22H27N3O3/c1-23(2)22(26)21(18-6-4-3-5-7-18)25-12-10-24(11-13-25)15-17-8-9-19-20(14-17)28-16-27-19/h3-9,14,21H,10-13,15-16H2,1-2H3/t21-/m0/s1. The van der Waals surface area contributed by atoms with Gasteiger partial charge in [-0.3, -0.25) is 14.6 Å². The summed E-state index contributed by atoms with van der Waals surface area (Å²) >= 11 is 0. The molecule has 2 heterocycles. The van der Waals surface area contributed by atoms with Gasteiger partial charge in [0, 0.05) is 46.8 Å². The first kappa shape index (κ1) is 18.8. The normalized spacial score (nSPS) is 18.1. The Balaban J connectivity index is 1.41. The predicted molar refractivity (Wildman–Crippen MR) is 107 cm³/mol. The van der Waals surface area contributed by atoms with Gasteiger partial charge in [-0.1, -0.05) is 36.4 Å². The quantitative estimate of drug-likeness (QED) is 0.796. The monoisotopic (exact) mass is 381 g/mol. The number of carbonyl (C=O) groups is 1. The zero-order valence-corrected chi connectivity index (χ0v) is 16.5. The molecule has 0 spiro atoms. The maximum atomic E-state index is 12.9. The minimum absolute atomic E-state index is 0.135. The Kier molecular flexibility index (Phi) is 5.50. The van der Waals surface area contributed by atoms with Crippen molar-refractivity contribution in [3.63, 3.8) is 0 Å². The minimum Gasteiger partial charge on any atom is -0.454 e. The summed E-state index contributed by atoms with van der Waals surface area (Å²) in [6, 6.07) is 16.0. The Morgan fingerprint density at radius 3 is 2.43 bits per heavy atom. The maximum Gasteiger partial charge on any atom is 0.244 e. The first-order valence-corrected chi connectivity index (χ1v) is 9.73. The van der Waals surface area contributed by atoms with Gasteiger partial charge in [-0.25, -0.2) is 0 Å². The molecule has 0 bridgehead atoms. The Bertz CT molecular complexity index is 817. The van der Waals surface area contributed by atoms with Crippen LogP contribution in [0.3, 0.4) is 0 Å². The SMILES string of the molecule is CN(C)C(=O)[C@H](c1ccccc1)N1CCN(Cc2ccc3c(c2)OCO3)CC1. The molecule has 148 valence electrons. The molecular formula is C22H27N3O3. The highest BCUT2D eigenvalue weighted by Gasteiger charge is 2.31. The molecule has 1 amide bonds. The van der Waals surface area contributed by atoms with Crippen LogP contribution in [0, 0.1) is 0 Å². The number of ether oxygens (including phenoxy) is 2. The van der Waals surface area contributed by atoms with Gasteiger partial charge in [0.05, 0.1) is 0 Å². The van der Waals surface area contributed by atoms with Gasteiger partial charge in [-0.05, 0) is 23.3 Å². The molecule has 1 atom stereocenters. The average Bonchev–Trinajstić information content (AvgIpc) is 3.18. The van der Waals surface area contributed by atoms with Crippen LogP contribution in [-0.4, -0.2) is 67.7 Å². The minimum atomic E-state index is -0.219. The van der Waals surface area contributed by atoms with Crippen molar-refractivity contribution >= 4 is 5.91 Å². The molecule has 0 radical (unpaired) electrons. The molecular weight excluding hydrogens is 354 g/mol. The van der Waals surface area contributed by atoms with E-state index >= 15 is 0 Å². The molecule has 28 heavy (non-hydrogen) atoms. The fraction of sp³-hybridized carbons (Fsp3) is 0.409. The molecule has 1 saturated heterocycles. The van der Waals surface area contributed by atoms with Crippen molar-refractivity contribution in [1.82, 2.24) is 14.7 Å². The Hall–Kier alpha value is -2.57. The number of carbonyl (C=O) groups excluding carboxylic acids is 1. The lowest BCUT2D eigenvalue weighted by atomic mass is 10.0. The van der Waals surface area contributed by atoms with Gasteiger partial charge in [0.2, 0.25) is 12.7 Å². The summed E-state index contributed by atoms with van der Waals surface area (Å²) in [7, 11) is 3.66. The first-order valence-electron chi connectivity index (χ1n) is 9.73. The predicted octanol–water partition coefficient (Wildman–Crippen LogP) is 2.36. The number of likely N-dealkylation sites (N-methyl/N-ethyl adjacent to an activating group) is 1. The number of piperazine rings is 1. The zero-order chi connectivity index (χ0) is 19.5. The smallest absolute Gasteiger partial charge is 0.244 e. The summed E-state index contributed by atoms with van der Waals surface area (Å²) < 4.78 is 10.9. The third-order valence-electron chi connectivity index (χ3n) is 5.41. The largest absolute Gasteiger partial charge is 0.454 e. The number of benzene rings is 2. The summed E-state index contributed by atoms with van der Waals surface area (Å²) in [6.07, 6.45) is 0. The molecule has 0 N–H and O–H groups in total. The van der Waals surface area contributed by atoms with Crippen molar-refractivity contribution in [3.8, 4) is 11.5 Å².